The zero-order valence-electron chi connectivity index (χ0n) is 10.7. The summed E-state index contributed by atoms with van der Waals surface area (Å²) in [5, 5.41) is 35.7. The van der Waals surface area contributed by atoms with Crippen LogP contribution in [-0.2, 0) is 6.54 Å². The van der Waals surface area contributed by atoms with Crippen molar-refractivity contribution in [2.45, 2.75) is 25.4 Å². The molecule has 0 radical (unpaired) electrons. The maximum Gasteiger partial charge on any atom is 0.271 e. The van der Waals surface area contributed by atoms with Crippen molar-refractivity contribution >= 4 is 17.1 Å². The molecule has 0 spiro atoms. The number of likely N-dealkylation sites (tertiary alicyclic amines) is 1. The van der Waals surface area contributed by atoms with E-state index in [2.05, 4.69) is 15.5 Å². The number of non-ortho nitro benzene ring substituents is 1. The van der Waals surface area contributed by atoms with Crippen LogP contribution in [0, 0.1) is 10.1 Å². The normalized spacial score (nSPS) is 25.1. The maximum absolute atomic E-state index is 11.0. The van der Waals surface area contributed by atoms with Gasteiger partial charge in [0.25, 0.3) is 5.69 Å². The monoisotopic (exact) mass is 280 g/mol. The molecule has 4 N–H and O–H groups in total. The topological polar surface area (TPSA) is 111 Å². The lowest BCUT2D eigenvalue weighted by molar-refractivity contribution is -0.384. The van der Waals surface area contributed by atoms with Crippen molar-refractivity contribution in [1.29, 1.82) is 0 Å². The molecule has 8 heteroatoms. The van der Waals surface area contributed by atoms with Gasteiger partial charge in [0.2, 0.25) is 0 Å². The van der Waals surface area contributed by atoms with Crippen LogP contribution >= 0.6 is 0 Å². The highest BCUT2D eigenvalue weighted by atomic mass is 16.6. The van der Waals surface area contributed by atoms with E-state index >= 15 is 0 Å². The third-order valence-corrected chi connectivity index (χ3v) is 3.65. The minimum atomic E-state index is -1.19. The SMILES string of the molecule is O=[N+]([O-])c1cc(CN2CCC2)c2c(c1)NC(O)C(O)N2. The summed E-state index contributed by atoms with van der Waals surface area (Å²) in [5.74, 6) is 0. The summed E-state index contributed by atoms with van der Waals surface area (Å²) < 4.78 is 0. The van der Waals surface area contributed by atoms with Gasteiger partial charge in [0.1, 0.15) is 0 Å². The molecule has 1 aromatic rings. The van der Waals surface area contributed by atoms with Crippen LogP contribution in [0.25, 0.3) is 0 Å². The number of nitro groups is 1. The molecule has 1 fully saturated rings. The molecular weight excluding hydrogens is 264 g/mol. The molecule has 1 saturated heterocycles. The minimum Gasteiger partial charge on any atom is -0.369 e. The third-order valence-electron chi connectivity index (χ3n) is 3.65. The van der Waals surface area contributed by atoms with Gasteiger partial charge in [-0.25, -0.2) is 0 Å². The van der Waals surface area contributed by atoms with Gasteiger partial charge in [-0.15, -0.1) is 0 Å². The summed E-state index contributed by atoms with van der Waals surface area (Å²) in [6, 6.07) is 2.87. The van der Waals surface area contributed by atoms with Crippen LogP contribution < -0.4 is 10.6 Å². The third kappa shape index (κ3) is 2.28. The molecule has 0 bridgehead atoms. The number of aliphatic hydroxyl groups is 2. The van der Waals surface area contributed by atoms with Crippen LogP contribution in [0.5, 0.6) is 0 Å². The molecule has 0 aliphatic carbocycles. The van der Waals surface area contributed by atoms with Gasteiger partial charge in [-0.3, -0.25) is 15.0 Å². The average molecular weight is 280 g/mol. The van der Waals surface area contributed by atoms with Crippen LogP contribution in [-0.4, -0.2) is 45.6 Å². The number of nitrogens with one attached hydrogen (secondary N) is 2. The number of benzene rings is 1. The Morgan fingerprint density at radius 3 is 2.60 bits per heavy atom. The summed E-state index contributed by atoms with van der Waals surface area (Å²) in [7, 11) is 0. The standard InChI is InChI=1S/C12H16N4O4/c17-11-12(18)14-10-7(6-15-2-1-3-15)4-8(16(19)20)5-9(10)13-11/h4-5,11-14,17-18H,1-3,6H2. The number of nitrogens with zero attached hydrogens (tertiary/aromatic N) is 2. The molecule has 20 heavy (non-hydrogen) atoms. The Hall–Kier alpha value is -1.90. The first-order valence-electron chi connectivity index (χ1n) is 6.47. The molecule has 0 amide bonds. The van der Waals surface area contributed by atoms with Crippen molar-refractivity contribution < 1.29 is 15.1 Å². The fourth-order valence-corrected chi connectivity index (χ4v) is 2.45. The van der Waals surface area contributed by atoms with E-state index in [1.807, 2.05) is 0 Å². The van der Waals surface area contributed by atoms with E-state index in [-0.39, 0.29) is 5.69 Å². The Kier molecular flexibility index (Phi) is 3.20. The van der Waals surface area contributed by atoms with E-state index in [1.54, 1.807) is 0 Å². The zero-order chi connectivity index (χ0) is 14.3. The molecule has 2 aliphatic heterocycles. The second-order valence-corrected chi connectivity index (χ2v) is 5.09. The van der Waals surface area contributed by atoms with Crippen molar-refractivity contribution in [1.82, 2.24) is 4.90 Å². The molecule has 2 atom stereocenters. The number of fused-ring (bicyclic) bond motifs is 1. The average Bonchev–Trinajstić information content (AvgIpc) is 2.35. The van der Waals surface area contributed by atoms with Gasteiger partial charge >= 0.3 is 0 Å². The molecule has 3 rings (SSSR count). The zero-order valence-corrected chi connectivity index (χ0v) is 10.7. The quantitative estimate of drug-likeness (QED) is 0.464. The first-order valence-corrected chi connectivity index (χ1v) is 6.47. The van der Waals surface area contributed by atoms with Crippen molar-refractivity contribution in [2.24, 2.45) is 0 Å². The predicted molar refractivity (Wildman–Crippen MR) is 72.2 cm³/mol. The molecule has 2 aliphatic rings. The van der Waals surface area contributed by atoms with E-state index < -0.39 is 17.4 Å². The van der Waals surface area contributed by atoms with Gasteiger partial charge in [0.15, 0.2) is 12.5 Å². The highest BCUT2D eigenvalue weighted by Crippen LogP contribution is 2.36. The largest absolute Gasteiger partial charge is 0.369 e. The Balaban J connectivity index is 1.99. The number of hydrogen-bond acceptors (Lipinski definition) is 7. The van der Waals surface area contributed by atoms with E-state index in [0.29, 0.717) is 17.9 Å². The second kappa shape index (κ2) is 4.89. The summed E-state index contributed by atoms with van der Waals surface area (Å²) >= 11 is 0. The maximum atomic E-state index is 11.0. The highest BCUT2D eigenvalue weighted by molar-refractivity contribution is 5.78. The number of anilines is 2. The number of hydrogen-bond donors (Lipinski definition) is 4. The number of rotatable bonds is 3. The molecule has 8 nitrogen and oxygen atoms in total. The second-order valence-electron chi connectivity index (χ2n) is 5.09. The van der Waals surface area contributed by atoms with Crippen LogP contribution in [0.3, 0.4) is 0 Å². The number of aliphatic hydroxyl groups excluding tert-OH is 2. The summed E-state index contributed by atoms with van der Waals surface area (Å²) in [4.78, 5) is 12.7. The van der Waals surface area contributed by atoms with Gasteiger partial charge in [-0.1, -0.05) is 0 Å². The fraction of sp³-hybridized carbons (Fsp3) is 0.500. The van der Waals surface area contributed by atoms with Crippen LogP contribution in [0.4, 0.5) is 17.1 Å². The highest BCUT2D eigenvalue weighted by Gasteiger charge is 2.29. The van der Waals surface area contributed by atoms with Gasteiger partial charge in [-0.2, -0.15) is 0 Å². The summed E-state index contributed by atoms with van der Waals surface area (Å²) in [6.45, 7) is 2.52. The van der Waals surface area contributed by atoms with Crippen LogP contribution in [0.2, 0.25) is 0 Å². The van der Waals surface area contributed by atoms with E-state index in [9.17, 15) is 20.3 Å². The van der Waals surface area contributed by atoms with Crippen molar-refractivity contribution in [3.63, 3.8) is 0 Å². The van der Waals surface area contributed by atoms with Crippen LogP contribution in [0.1, 0.15) is 12.0 Å². The van der Waals surface area contributed by atoms with E-state index in [1.165, 1.54) is 12.1 Å². The first kappa shape index (κ1) is 13.1. The smallest absolute Gasteiger partial charge is 0.271 e. The van der Waals surface area contributed by atoms with Gasteiger partial charge in [-0.05, 0) is 25.1 Å². The van der Waals surface area contributed by atoms with Gasteiger partial charge < -0.3 is 20.8 Å². The van der Waals surface area contributed by atoms with Crippen molar-refractivity contribution in [3.05, 3.63) is 27.8 Å². The Morgan fingerprint density at radius 2 is 2.00 bits per heavy atom. The van der Waals surface area contributed by atoms with Crippen molar-refractivity contribution in [2.75, 3.05) is 23.7 Å². The first-order chi connectivity index (χ1) is 9.54. The van der Waals surface area contributed by atoms with Crippen molar-refractivity contribution in [3.8, 4) is 0 Å². The molecule has 0 aromatic heterocycles. The Bertz CT molecular complexity index is 547. The van der Waals surface area contributed by atoms with E-state index in [4.69, 9.17) is 0 Å². The lowest BCUT2D eigenvalue weighted by Gasteiger charge is -2.34. The summed E-state index contributed by atoms with van der Waals surface area (Å²) in [5.41, 5.74) is 1.76. The molecule has 0 saturated carbocycles. The number of nitro benzene ring substituents is 1. The Labute approximate surface area is 115 Å². The lowest BCUT2D eigenvalue weighted by atomic mass is 10.0. The predicted octanol–water partition coefficient (Wildman–Crippen LogP) is 0.275. The van der Waals surface area contributed by atoms with E-state index in [0.717, 1.165) is 25.1 Å². The Morgan fingerprint density at radius 1 is 1.30 bits per heavy atom. The fourth-order valence-electron chi connectivity index (χ4n) is 2.45. The molecule has 1 aromatic carbocycles. The summed E-state index contributed by atoms with van der Waals surface area (Å²) in [6.07, 6.45) is -1.20. The van der Waals surface area contributed by atoms with Crippen LogP contribution in [0.15, 0.2) is 12.1 Å². The molecule has 2 unspecified atom stereocenters. The van der Waals surface area contributed by atoms with Gasteiger partial charge in [0, 0.05) is 18.7 Å². The molecule has 2 heterocycles. The molecule has 108 valence electrons. The lowest BCUT2D eigenvalue weighted by Crippen LogP contribution is -2.43. The molecular formula is C12H16N4O4. The van der Waals surface area contributed by atoms with Gasteiger partial charge in [0.05, 0.1) is 16.3 Å². The minimum absolute atomic E-state index is 0.0304.